The molecule has 1 amide bonds. The maximum atomic E-state index is 14.0. The largest absolute Gasteiger partial charge is 0.325 e. The Morgan fingerprint density at radius 2 is 1.95 bits per heavy atom. The number of amides is 1. The van der Waals surface area contributed by atoms with E-state index in [1.807, 2.05) is 13.8 Å². The van der Waals surface area contributed by atoms with Crippen LogP contribution in [0.2, 0.25) is 0 Å². The van der Waals surface area contributed by atoms with Crippen molar-refractivity contribution in [3.63, 3.8) is 0 Å². The first kappa shape index (κ1) is 14.5. The fourth-order valence-corrected chi connectivity index (χ4v) is 3.66. The highest BCUT2D eigenvalue weighted by Crippen LogP contribution is 2.44. The summed E-state index contributed by atoms with van der Waals surface area (Å²) in [6.07, 6.45) is 5.81. The standard InChI is InChI=1S/C17H23FN2O/c1-17(2)13-9-11(18)8-12(15(13)20-16(17)21)14(19)10-6-4-3-5-7-10/h8-10,14H,3-7,19H2,1-2H3,(H,20,21). The molecule has 1 atom stereocenters. The van der Waals surface area contributed by atoms with Crippen LogP contribution in [0.15, 0.2) is 12.1 Å². The molecule has 1 heterocycles. The molecule has 1 aliphatic heterocycles. The van der Waals surface area contributed by atoms with Crippen LogP contribution in [-0.4, -0.2) is 5.91 Å². The van der Waals surface area contributed by atoms with Crippen LogP contribution in [0, 0.1) is 11.7 Å². The minimum Gasteiger partial charge on any atom is -0.325 e. The number of benzene rings is 1. The highest BCUT2D eigenvalue weighted by molar-refractivity contribution is 6.06. The Morgan fingerprint density at radius 1 is 1.29 bits per heavy atom. The average molecular weight is 290 g/mol. The van der Waals surface area contributed by atoms with Gasteiger partial charge in [-0.1, -0.05) is 19.3 Å². The second-order valence-corrected chi connectivity index (χ2v) is 6.92. The van der Waals surface area contributed by atoms with Gasteiger partial charge in [-0.25, -0.2) is 4.39 Å². The molecule has 2 aliphatic rings. The van der Waals surface area contributed by atoms with Crippen molar-refractivity contribution in [2.75, 3.05) is 5.32 Å². The normalized spacial score (nSPS) is 22.8. The second kappa shape index (κ2) is 5.09. The van der Waals surface area contributed by atoms with E-state index in [1.165, 1.54) is 31.4 Å². The maximum absolute atomic E-state index is 14.0. The van der Waals surface area contributed by atoms with Crippen LogP contribution in [0.1, 0.15) is 63.1 Å². The van der Waals surface area contributed by atoms with E-state index in [9.17, 15) is 9.18 Å². The van der Waals surface area contributed by atoms with E-state index in [-0.39, 0.29) is 17.8 Å². The van der Waals surface area contributed by atoms with E-state index in [4.69, 9.17) is 5.73 Å². The molecule has 1 aromatic rings. The van der Waals surface area contributed by atoms with Gasteiger partial charge < -0.3 is 11.1 Å². The second-order valence-electron chi connectivity index (χ2n) is 6.92. The van der Waals surface area contributed by atoms with Gasteiger partial charge >= 0.3 is 0 Å². The number of anilines is 1. The van der Waals surface area contributed by atoms with E-state index in [0.29, 0.717) is 5.92 Å². The lowest BCUT2D eigenvalue weighted by atomic mass is 9.79. The number of carbonyl (C=O) groups excluding carboxylic acids is 1. The molecule has 0 spiro atoms. The molecule has 0 radical (unpaired) electrons. The fourth-order valence-electron chi connectivity index (χ4n) is 3.66. The summed E-state index contributed by atoms with van der Waals surface area (Å²) in [5.74, 6) is -0.00922. The van der Waals surface area contributed by atoms with Crippen LogP contribution in [0.3, 0.4) is 0 Å². The van der Waals surface area contributed by atoms with E-state index in [2.05, 4.69) is 5.32 Å². The molecule has 3 nitrogen and oxygen atoms in total. The summed E-state index contributed by atoms with van der Waals surface area (Å²) in [5.41, 5.74) is 7.96. The molecule has 1 fully saturated rings. The van der Waals surface area contributed by atoms with Crippen molar-refractivity contribution < 1.29 is 9.18 Å². The zero-order valence-electron chi connectivity index (χ0n) is 12.7. The predicted octanol–water partition coefficient (Wildman–Crippen LogP) is 3.64. The van der Waals surface area contributed by atoms with Crippen LogP contribution >= 0.6 is 0 Å². The van der Waals surface area contributed by atoms with Crippen LogP contribution in [0.4, 0.5) is 10.1 Å². The van der Waals surface area contributed by atoms with E-state index < -0.39 is 5.41 Å². The molecule has 21 heavy (non-hydrogen) atoms. The summed E-state index contributed by atoms with van der Waals surface area (Å²) in [6.45, 7) is 3.65. The number of rotatable bonds is 2. The lowest BCUT2D eigenvalue weighted by Crippen LogP contribution is -2.26. The molecule has 0 saturated heterocycles. The highest BCUT2D eigenvalue weighted by atomic mass is 19.1. The summed E-state index contributed by atoms with van der Waals surface area (Å²) in [7, 11) is 0. The Kier molecular flexibility index (Phi) is 3.52. The van der Waals surface area contributed by atoms with Crippen LogP contribution < -0.4 is 11.1 Å². The number of carbonyl (C=O) groups is 1. The van der Waals surface area contributed by atoms with Gasteiger partial charge in [0.05, 0.1) is 11.1 Å². The fraction of sp³-hybridized carbons (Fsp3) is 0.588. The van der Waals surface area contributed by atoms with Crippen molar-refractivity contribution in [3.8, 4) is 0 Å². The lowest BCUT2D eigenvalue weighted by molar-refractivity contribution is -0.119. The zero-order chi connectivity index (χ0) is 15.2. The summed E-state index contributed by atoms with van der Waals surface area (Å²) in [5, 5.41) is 2.92. The maximum Gasteiger partial charge on any atom is 0.234 e. The van der Waals surface area contributed by atoms with Gasteiger partial charge in [-0.3, -0.25) is 4.79 Å². The molecule has 114 valence electrons. The first-order chi connectivity index (χ1) is 9.91. The summed E-state index contributed by atoms with van der Waals surface area (Å²) in [4.78, 5) is 12.1. The number of nitrogens with two attached hydrogens (primary N) is 1. The monoisotopic (exact) mass is 290 g/mol. The van der Waals surface area contributed by atoms with Crippen molar-refractivity contribution in [2.24, 2.45) is 11.7 Å². The Morgan fingerprint density at radius 3 is 2.62 bits per heavy atom. The quantitative estimate of drug-likeness (QED) is 0.873. The van der Waals surface area contributed by atoms with Gasteiger partial charge in [-0.2, -0.15) is 0 Å². The van der Waals surface area contributed by atoms with Crippen molar-refractivity contribution in [1.29, 1.82) is 0 Å². The zero-order valence-corrected chi connectivity index (χ0v) is 12.7. The smallest absolute Gasteiger partial charge is 0.234 e. The molecular formula is C17H23FN2O. The van der Waals surface area contributed by atoms with E-state index in [1.54, 1.807) is 0 Å². The van der Waals surface area contributed by atoms with E-state index in [0.717, 1.165) is 29.7 Å². The Balaban J connectivity index is 2.02. The van der Waals surface area contributed by atoms with Crippen molar-refractivity contribution in [3.05, 3.63) is 29.1 Å². The minimum atomic E-state index is -0.696. The van der Waals surface area contributed by atoms with Gasteiger partial charge in [0, 0.05) is 6.04 Å². The average Bonchev–Trinajstić information content (AvgIpc) is 2.69. The Labute approximate surface area is 125 Å². The van der Waals surface area contributed by atoms with Gasteiger partial charge in [0.1, 0.15) is 5.82 Å². The molecule has 1 unspecified atom stereocenters. The third-order valence-electron chi connectivity index (χ3n) is 5.13. The van der Waals surface area contributed by atoms with Crippen molar-refractivity contribution in [2.45, 2.75) is 57.4 Å². The number of halogens is 1. The predicted molar refractivity (Wildman–Crippen MR) is 81.6 cm³/mol. The summed E-state index contributed by atoms with van der Waals surface area (Å²) in [6, 6.07) is 2.76. The first-order valence-electron chi connectivity index (χ1n) is 7.82. The van der Waals surface area contributed by atoms with E-state index >= 15 is 0 Å². The number of fused-ring (bicyclic) bond motifs is 1. The SMILES string of the molecule is CC1(C)C(=O)Nc2c(C(N)C3CCCCC3)cc(F)cc21. The molecule has 3 rings (SSSR count). The number of hydrogen-bond donors (Lipinski definition) is 2. The van der Waals surface area contributed by atoms with Gasteiger partial charge in [0.15, 0.2) is 0 Å². The lowest BCUT2D eigenvalue weighted by Gasteiger charge is -2.29. The molecular weight excluding hydrogens is 267 g/mol. The molecule has 3 N–H and O–H groups in total. The number of hydrogen-bond acceptors (Lipinski definition) is 2. The highest BCUT2D eigenvalue weighted by Gasteiger charge is 2.41. The summed E-state index contributed by atoms with van der Waals surface area (Å²) < 4.78 is 14.0. The van der Waals surface area contributed by atoms with Gasteiger partial charge in [0.2, 0.25) is 5.91 Å². The van der Waals surface area contributed by atoms with Crippen LogP contribution in [0.25, 0.3) is 0 Å². The molecule has 1 saturated carbocycles. The Hall–Kier alpha value is -1.42. The first-order valence-corrected chi connectivity index (χ1v) is 7.82. The van der Waals surface area contributed by atoms with Gasteiger partial charge in [-0.05, 0) is 55.9 Å². The molecule has 4 heteroatoms. The van der Waals surface area contributed by atoms with Gasteiger partial charge in [-0.15, -0.1) is 0 Å². The molecule has 1 aliphatic carbocycles. The summed E-state index contributed by atoms with van der Waals surface area (Å²) >= 11 is 0. The van der Waals surface area contributed by atoms with Crippen molar-refractivity contribution >= 4 is 11.6 Å². The Bertz CT molecular complexity index is 576. The van der Waals surface area contributed by atoms with Crippen molar-refractivity contribution in [1.82, 2.24) is 0 Å². The number of nitrogens with one attached hydrogen (secondary N) is 1. The third-order valence-corrected chi connectivity index (χ3v) is 5.13. The minimum absolute atomic E-state index is 0.0832. The molecule has 1 aromatic carbocycles. The third kappa shape index (κ3) is 2.35. The topological polar surface area (TPSA) is 55.1 Å². The van der Waals surface area contributed by atoms with Crippen LogP contribution in [-0.2, 0) is 10.2 Å². The van der Waals surface area contributed by atoms with Gasteiger partial charge in [0.25, 0.3) is 0 Å². The van der Waals surface area contributed by atoms with Crippen LogP contribution in [0.5, 0.6) is 0 Å². The molecule has 0 bridgehead atoms. The molecule has 0 aromatic heterocycles.